The lowest BCUT2D eigenvalue weighted by Crippen LogP contribution is -2.41. The Balaban J connectivity index is 1.33. The van der Waals surface area contributed by atoms with E-state index in [4.69, 9.17) is 33.5 Å². The summed E-state index contributed by atoms with van der Waals surface area (Å²) >= 11 is 12.0. The predicted molar refractivity (Wildman–Crippen MR) is 155 cm³/mol. The van der Waals surface area contributed by atoms with Crippen molar-refractivity contribution < 1.29 is 4.74 Å². The maximum atomic E-state index is 6.33. The zero-order valence-electron chi connectivity index (χ0n) is 21.3. The first-order valence-electron chi connectivity index (χ1n) is 13.2. The predicted octanol–water partition coefficient (Wildman–Crippen LogP) is 6.96. The van der Waals surface area contributed by atoms with E-state index in [1.165, 1.54) is 24.8 Å². The molecular weight excluding hydrogens is 502 g/mol. The van der Waals surface area contributed by atoms with Crippen molar-refractivity contribution in [1.82, 2.24) is 15.3 Å². The van der Waals surface area contributed by atoms with Gasteiger partial charge in [0.15, 0.2) is 5.11 Å². The summed E-state index contributed by atoms with van der Waals surface area (Å²) in [5, 5.41) is 7.95. The highest BCUT2D eigenvalue weighted by Gasteiger charge is 2.35. The molecule has 194 valence electrons. The first-order chi connectivity index (χ1) is 18.0. The molecule has 1 atom stereocenters. The molecule has 8 heteroatoms. The third kappa shape index (κ3) is 6.51. The van der Waals surface area contributed by atoms with Crippen LogP contribution in [0.15, 0.2) is 60.7 Å². The van der Waals surface area contributed by atoms with Gasteiger partial charge in [-0.1, -0.05) is 61.7 Å². The van der Waals surface area contributed by atoms with Crippen LogP contribution in [0, 0.1) is 5.92 Å². The highest BCUT2D eigenvalue weighted by atomic mass is 35.5. The zero-order valence-corrected chi connectivity index (χ0v) is 22.8. The van der Waals surface area contributed by atoms with Crippen LogP contribution in [0.4, 0.5) is 11.8 Å². The number of para-hydroxylation sites is 1. The number of hydrogen-bond acceptors (Lipinski definition) is 5. The van der Waals surface area contributed by atoms with E-state index in [9.17, 15) is 0 Å². The molecule has 2 fully saturated rings. The van der Waals surface area contributed by atoms with Gasteiger partial charge in [0, 0.05) is 36.1 Å². The topological polar surface area (TPSA) is 62.3 Å². The first kappa shape index (κ1) is 25.7. The molecule has 2 heterocycles. The summed E-state index contributed by atoms with van der Waals surface area (Å²) < 4.78 is 6.09. The fraction of sp³-hybridized carbons (Fsp3) is 0.414. The lowest BCUT2D eigenvalue weighted by molar-refractivity contribution is 0.435. The van der Waals surface area contributed by atoms with E-state index in [1.807, 2.05) is 48.5 Å². The lowest BCUT2D eigenvalue weighted by Gasteiger charge is -2.32. The highest BCUT2D eigenvalue weighted by Crippen LogP contribution is 2.41. The van der Waals surface area contributed by atoms with Gasteiger partial charge in [-0.15, -0.1) is 0 Å². The Labute approximate surface area is 229 Å². The van der Waals surface area contributed by atoms with Gasteiger partial charge in [0.25, 0.3) is 0 Å². The minimum atomic E-state index is 0.0187. The van der Waals surface area contributed by atoms with Crippen LogP contribution in [-0.2, 0) is 5.41 Å². The molecule has 37 heavy (non-hydrogen) atoms. The zero-order chi connectivity index (χ0) is 25.7. The summed E-state index contributed by atoms with van der Waals surface area (Å²) in [6.07, 6.45) is 7.01. The van der Waals surface area contributed by atoms with Crippen LogP contribution < -0.4 is 20.3 Å². The van der Waals surface area contributed by atoms with Gasteiger partial charge in [0.1, 0.15) is 11.6 Å². The number of rotatable bonds is 7. The Morgan fingerprint density at radius 2 is 1.89 bits per heavy atom. The summed E-state index contributed by atoms with van der Waals surface area (Å²) in [6.45, 7) is 4.95. The highest BCUT2D eigenvalue weighted by molar-refractivity contribution is 7.80. The largest absolute Gasteiger partial charge is 0.439 e. The summed E-state index contributed by atoms with van der Waals surface area (Å²) in [6, 6.07) is 19.8. The summed E-state index contributed by atoms with van der Waals surface area (Å²) in [7, 11) is 0. The third-order valence-electron chi connectivity index (χ3n) is 7.45. The molecule has 6 nitrogen and oxygen atoms in total. The van der Waals surface area contributed by atoms with Crippen LogP contribution in [0.3, 0.4) is 0 Å². The van der Waals surface area contributed by atoms with E-state index in [0.717, 1.165) is 55.5 Å². The second-order valence-electron chi connectivity index (χ2n) is 10.3. The standard InChI is InChI=1S/C29H34ClN5OS/c1-21-9-8-16-35(19-21)25-18-26(36-24-12-3-2-4-13-24)33-27(32-25)34-28(37)31-20-29(14-5-6-15-29)22-10-7-11-23(30)17-22/h2-4,7,10-13,17-18,21H,5-6,8-9,14-16,19-20H2,1H3,(H2,31,32,33,34,37)/t21-/m1/s1. The maximum absolute atomic E-state index is 6.33. The number of anilines is 2. The van der Waals surface area contributed by atoms with Crippen LogP contribution in [0.25, 0.3) is 0 Å². The van der Waals surface area contributed by atoms with Gasteiger partial charge in [-0.3, -0.25) is 0 Å². The van der Waals surface area contributed by atoms with Gasteiger partial charge in [-0.25, -0.2) is 0 Å². The number of halogens is 1. The molecule has 1 aromatic heterocycles. The minimum absolute atomic E-state index is 0.0187. The van der Waals surface area contributed by atoms with Gasteiger partial charge >= 0.3 is 0 Å². The smallest absolute Gasteiger partial charge is 0.234 e. The number of nitrogens with zero attached hydrogens (tertiary/aromatic N) is 3. The van der Waals surface area contributed by atoms with E-state index >= 15 is 0 Å². The van der Waals surface area contributed by atoms with Crippen molar-refractivity contribution >= 4 is 40.7 Å². The molecule has 1 aliphatic heterocycles. The molecule has 2 aliphatic rings. The van der Waals surface area contributed by atoms with Crippen LogP contribution in [0.5, 0.6) is 11.6 Å². The van der Waals surface area contributed by atoms with E-state index in [0.29, 0.717) is 22.9 Å². The summed E-state index contributed by atoms with van der Waals surface area (Å²) in [4.78, 5) is 11.8. The molecule has 3 aromatic rings. The molecule has 2 aromatic carbocycles. The van der Waals surface area contributed by atoms with Crippen molar-refractivity contribution in [3.8, 4) is 11.6 Å². The van der Waals surface area contributed by atoms with Gasteiger partial charge in [0.2, 0.25) is 11.8 Å². The number of benzene rings is 2. The molecule has 2 N–H and O–H groups in total. The molecule has 5 rings (SSSR count). The van der Waals surface area contributed by atoms with Crippen LogP contribution in [0.1, 0.15) is 51.0 Å². The first-order valence-corrected chi connectivity index (χ1v) is 14.0. The van der Waals surface area contributed by atoms with Gasteiger partial charge in [0.05, 0.1) is 0 Å². The number of aromatic nitrogens is 2. The SMILES string of the molecule is C[C@@H]1CCCN(c2cc(Oc3ccccc3)nc(NC(=S)NCC3(c4cccc(Cl)c4)CCCC3)n2)C1. The lowest BCUT2D eigenvalue weighted by atomic mass is 9.79. The van der Waals surface area contributed by atoms with E-state index < -0.39 is 0 Å². The van der Waals surface area contributed by atoms with E-state index in [2.05, 4.69) is 39.6 Å². The average molecular weight is 536 g/mol. The quantitative estimate of drug-likeness (QED) is 0.317. The number of hydrogen-bond donors (Lipinski definition) is 2. The Hall–Kier alpha value is -2.90. The van der Waals surface area contributed by atoms with Crippen LogP contribution >= 0.6 is 23.8 Å². The number of thiocarbonyl (C=S) groups is 1. The summed E-state index contributed by atoms with van der Waals surface area (Å²) in [5.74, 6) is 3.13. The summed E-state index contributed by atoms with van der Waals surface area (Å²) in [5.41, 5.74) is 1.29. The Kier molecular flexibility index (Phi) is 8.11. The number of nitrogens with one attached hydrogen (secondary N) is 2. The van der Waals surface area contributed by atoms with Crippen molar-refractivity contribution in [3.05, 3.63) is 71.2 Å². The van der Waals surface area contributed by atoms with E-state index in [-0.39, 0.29) is 5.41 Å². The monoisotopic (exact) mass is 535 g/mol. The second-order valence-corrected chi connectivity index (χ2v) is 11.1. The van der Waals surface area contributed by atoms with Gasteiger partial charge in [-0.05, 0) is 73.6 Å². The molecule has 0 spiro atoms. The fourth-order valence-electron chi connectivity index (χ4n) is 5.52. The van der Waals surface area contributed by atoms with Gasteiger partial charge in [-0.2, -0.15) is 9.97 Å². The molecular formula is C29H34ClN5OS. The normalized spacial score (nSPS) is 18.9. The van der Waals surface area contributed by atoms with Gasteiger partial charge < -0.3 is 20.3 Å². The molecule has 1 saturated carbocycles. The Morgan fingerprint density at radius 1 is 1.08 bits per heavy atom. The van der Waals surface area contributed by atoms with Crippen molar-refractivity contribution in [3.63, 3.8) is 0 Å². The van der Waals surface area contributed by atoms with Crippen molar-refractivity contribution in [1.29, 1.82) is 0 Å². The van der Waals surface area contributed by atoms with Crippen LogP contribution in [-0.4, -0.2) is 34.7 Å². The average Bonchev–Trinajstić information content (AvgIpc) is 3.38. The molecule has 0 bridgehead atoms. The Bertz CT molecular complexity index is 1220. The van der Waals surface area contributed by atoms with Crippen LogP contribution in [0.2, 0.25) is 5.02 Å². The molecule has 0 unspecified atom stereocenters. The Morgan fingerprint density at radius 3 is 2.65 bits per heavy atom. The maximum Gasteiger partial charge on any atom is 0.234 e. The van der Waals surface area contributed by atoms with Crippen molar-refractivity contribution in [2.24, 2.45) is 5.92 Å². The number of ether oxygens (including phenoxy) is 1. The fourth-order valence-corrected chi connectivity index (χ4v) is 5.88. The molecule has 0 amide bonds. The minimum Gasteiger partial charge on any atom is -0.439 e. The molecule has 0 radical (unpaired) electrons. The third-order valence-corrected chi connectivity index (χ3v) is 7.93. The molecule has 1 aliphatic carbocycles. The number of piperidine rings is 1. The van der Waals surface area contributed by atoms with E-state index in [1.54, 1.807) is 0 Å². The second kappa shape index (κ2) is 11.7. The van der Waals surface area contributed by atoms with Crippen molar-refractivity contribution in [2.45, 2.75) is 50.9 Å². The van der Waals surface area contributed by atoms with Crippen molar-refractivity contribution in [2.75, 3.05) is 29.9 Å². The molecule has 1 saturated heterocycles.